The first-order valence-corrected chi connectivity index (χ1v) is 10.4. The Kier molecular flexibility index (Phi) is 17.2. The molecule has 4 heteroatoms. The van der Waals surface area contributed by atoms with E-state index < -0.39 is 5.97 Å². The summed E-state index contributed by atoms with van der Waals surface area (Å²) in [6.45, 7) is 6.29. The van der Waals surface area contributed by atoms with Crippen LogP contribution in [0.5, 0.6) is 0 Å². The van der Waals surface area contributed by atoms with Crippen molar-refractivity contribution in [2.45, 2.75) is 110 Å². The first-order chi connectivity index (χ1) is 12.6. The van der Waals surface area contributed by atoms with Crippen LogP contribution in [0.1, 0.15) is 104 Å². The molecule has 0 rings (SSSR count). The summed E-state index contributed by atoms with van der Waals surface area (Å²) in [5.41, 5.74) is 0. The van der Waals surface area contributed by atoms with Crippen molar-refractivity contribution in [2.24, 2.45) is 0 Å². The highest BCUT2D eigenvalue weighted by molar-refractivity contribution is 5.77. The Morgan fingerprint density at radius 2 is 1.35 bits per heavy atom. The number of rotatable bonds is 15. The van der Waals surface area contributed by atoms with Gasteiger partial charge in [0.05, 0.1) is 12.8 Å². The first-order valence-electron chi connectivity index (χ1n) is 10.4. The standard InChI is InChI=1S/C22H38O4/c1-4-7-8-9-10-11-12-13-14-15-16-19-25-21(23)17-18-22(24)26-20(5-2)6-3/h20H,4-14,17-19H2,1-3H3. The van der Waals surface area contributed by atoms with Crippen LogP contribution in [-0.4, -0.2) is 24.6 Å². The quantitative estimate of drug-likeness (QED) is 0.216. The van der Waals surface area contributed by atoms with E-state index in [1.807, 2.05) is 13.8 Å². The van der Waals surface area contributed by atoms with Crippen LogP contribution in [0.15, 0.2) is 0 Å². The molecular weight excluding hydrogens is 328 g/mol. The lowest BCUT2D eigenvalue weighted by Gasteiger charge is -2.13. The third kappa shape index (κ3) is 16.0. The summed E-state index contributed by atoms with van der Waals surface area (Å²) in [7, 11) is 0. The lowest BCUT2D eigenvalue weighted by molar-refractivity contribution is -0.153. The maximum atomic E-state index is 11.6. The molecule has 0 saturated heterocycles. The highest BCUT2D eigenvalue weighted by Crippen LogP contribution is 2.09. The van der Waals surface area contributed by atoms with E-state index in [-0.39, 0.29) is 31.5 Å². The minimum Gasteiger partial charge on any atom is -0.462 e. The molecular formula is C22H38O4. The van der Waals surface area contributed by atoms with E-state index >= 15 is 0 Å². The zero-order chi connectivity index (χ0) is 19.5. The van der Waals surface area contributed by atoms with E-state index in [2.05, 4.69) is 18.8 Å². The summed E-state index contributed by atoms with van der Waals surface area (Å²) in [6.07, 6.45) is 12.8. The van der Waals surface area contributed by atoms with Crippen molar-refractivity contribution in [1.29, 1.82) is 0 Å². The molecule has 0 aromatic rings. The Labute approximate surface area is 160 Å². The molecule has 4 nitrogen and oxygen atoms in total. The molecule has 0 spiro atoms. The lowest BCUT2D eigenvalue weighted by atomic mass is 10.1. The Balaban J connectivity index is 3.54. The van der Waals surface area contributed by atoms with Gasteiger partial charge in [-0.05, 0) is 19.3 Å². The van der Waals surface area contributed by atoms with E-state index in [0.717, 1.165) is 25.7 Å². The number of carbonyl (C=O) groups excluding carboxylic acids is 2. The van der Waals surface area contributed by atoms with Gasteiger partial charge in [-0.3, -0.25) is 9.59 Å². The molecule has 150 valence electrons. The van der Waals surface area contributed by atoms with Gasteiger partial charge in [0.15, 0.2) is 6.61 Å². The Morgan fingerprint density at radius 1 is 0.769 bits per heavy atom. The largest absolute Gasteiger partial charge is 0.462 e. The average molecular weight is 367 g/mol. The number of hydrogen-bond acceptors (Lipinski definition) is 4. The van der Waals surface area contributed by atoms with Gasteiger partial charge >= 0.3 is 11.9 Å². The Morgan fingerprint density at radius 3 is 1.96 bits per heavy atom. The van der Waals surface area contributed by atoms with Crippen LogP contribution in [0, 0.1) is 11.8 Å². The second-order valence-corrected chi connectivity index (χ2v) is 6.67. The summed E-state index contributed by atoms with van der Waals surface area (Å²) in [6, 6.07) is 0. The maximum absolute atomic E-state index is 11.6. The summed E-state index contributed by atoms with van der Waals surface area (Å²) >= 11 is 0. The van der Waals surface area contributed by atoms with Gasteiger partial charge < -0.3 is 9.47 Å². The molecule has 0 N–H and O–H groups in total. The van der Waals surface area contributed by atoms with Gasteiger partial charge in [0, 0.05) is 6.42 Å². The van der Waals surface area contributed by atoms with Crippen LogP contribution in [0.3, 0.4) is 0 Å². The molecule has 26 heavy (non-hydrogen) atoms. The van der Waals surface area contributed by atoms with Crippen LogP contribution < -0.4 is 0 Å². The van der Waals surface area contributed by atoms with Crippen molar-refractivity contribution in [2.75, 3.05) is 6.61 Å². The Hall–Kier alpha value is -1.50. The van der Waals surface area contributed by atoms with Crippen LogP contribution in [0.2, 0.25) is 0 Å². The van der Waals surface area contributed by atoms with E-state index in [1.165, 1.54) is 44.9 Å². The van der Waals surface area contributed by atoms with Crippen molar-refractivity contribution < 1.29 is 19.1 Å². The SMILES string of the molecule is CCCCCCCCCCC#CCOC(=O)CCC(=O)OC(CC)CC. The van der Waals surface area contributed by atoms with Crippen molar-refractivity contribution in [3.8, 4) is 11.8 Å². The molecule has 0 fully saturated rings. The second kappa shape index (κ2) is 18.3. The molecule has 0 aliphatic carbocycles. The third-order valence-electron chi connectivity index (χ3n) is 4.33. The number of ether oxygens (including phenoxy) is 2. The van der Waals surface area contributed by atoms with Gasteiger partial charge in [-0.1, -0.05) is 77.6 Å². The van der Waals surface area contributed by atoms with Gasteiger partial charge in [-0.15, -0.1) is 0 Å². The minimum absolute atomic E-state index is 0.0543. The predicted octanol–water partition coefficient (Wildman–Crippen LogP) is 5.58. The normalized spacial score (nSPS) is 10.3. The number of carbonyl (C=O) groups is 2. The molecule has 0 saturated carbocycles. The van der Waals surface area contributed by atoms with Gasteiger partial charge in [0.2, 0.25) is 0 Å². The monoisotopic (exact) mass is 366 g/mol. The van der Waals surface area contributed by atoms with E-state index in [1.54, 1.807) is 0 Å². The fourth-order valence-corrected chi connectivity index (χ4v) is 2.58. The summed E-state index contributed by atoms with van der Waals surface area (Å²) in [5.74, 6) is 5.17. The molecule has 0 aromatic heterocycles. The molecule has 0 heterocycles. The molecule has 0 amide bonds. The molecule has 0 unspecified atom stereocenters. The maximum Gasteiger partial charge on any atom is 0.307 e. The van der Waals surface area contributed by atoms with E-state index in [4.69, 9.17) is 9.47 Å². The fraction of sp³-hybridized carbons (Fsp3) is 0.818. The van der Waals surface area contributed by atoms with Gasteiger partial charge in [-0.2, -0.15) is 0 Å². The van der Waals surface area contributed by atoms with Gasteiger partial charge in [0.1, 0.15) is 6.10 Å². The van der Waals surface area contributed by atoms with Crippen molar-refractivity contribution in [3.63, 3.8) is 0 Å². The van der Waals surface area contributed by atoms with Crippen LogP contribution in [0.4, 0.5) is 0 Å². The summed E-state index contributed by atoms with van der Waals surface area (Å²) < 4.78 is 10.3. The average Bonchev–Trinajstić information content (AvgIpc) is 2.65. The second-order valence-electron chi connectivity index (χ2n) is 6.67. The number of esters is 2. The van der Waals surface area contributed by atoms with Crippen LogP contribution >= 0.6 is 0 Å². The van der Waals surface area contributed by atoms with Crippen molar-refractivity contribution in [3.05, 3.63) is 0 Å². The van der Waals surface area contributed by atoms with Crippen LogP contribution in [0.25, 0.3) is 0 Å². The molecule has 0 aliphatic heterocycles. The number of hydrogen-bond donors (Lipinski definition) is 0. The topological polar surface area (TPSA) is 52.6 Å². The van der Waals surface area contributed by atoms with E-state index in [9.17, 15) is 9.59 Å². The zero-order valence-corrected chi connectivity index (χ0v) is 17.1. The predicted molar refractivity (Wildman–Crippen MR) is 106 cm³/mol. The van der Waals surface area contributed by atoms with Crippen LogP contribution in [-0.2, 0) is 19.1 Å². The molecule has 0 aliphatic rings. The van der Waals surface area contributed by atoms with Gasteiger partial charge in [-0.25, -0.2) is 0 Å². The minimum atomic E-state index is -0.395. The molecule has 0 atom stereocenters. The van der Waals surface area contributed by atoms with E-state index in [0.29, 0.717) is 0 Å². The molecule has 0 aromatic carbocycles. The molecule has 0 radical (unpaired) electrons. The number of unbranched alkanes of at least 4 members (excludes halogenated alkanes) is 8. The van der Waals surface area contributed by atoms with Crippen molar-refractivity contribution in [1.82, 2.24) is 0 Å². The summed E-state index contributed by atoms with van der Waals surface area (Å²) in [4.78, 5) is 23.1. The summed E-state index contributed by atoms with van der Waals surface area (Å²) in [5, 5.41) is 0. The Bertz CT molecular complexity index is 416. The first kappa shape index (κ1) is 24.5. The fourth-order valence-electron chi connectivity index (χ4n) is 2.58. The highest BCUT2D eigenvalue weighted by atomic mass is 16.5. The molecule has 0 bridgehead atoms. The van der Waals surface area contributed by atoms with Crippen molar-refractivity contribution >= 4 is 11.9 Å². The third-order valence-corrected chi connectivity index (χ3v) is 4.33. The smallest absolute Gasteiger partial charge is 0.307 e. The zero-order valence-electron chi connectivity index (χ0n) is 17.1. The highest BCUT2D eigenvalue weighted by Gasteiger charge is 2.12. The lowest BCUT2D eigenvalue weighted by Crippen LogP contribution is -2.17. The van der Waals surface area contributed by atoms with Gasteiger partial charge in [0.25, 0.3) is 0 Å².